The number of rotatable bonds is 12. The molecule has 2 aliphatic carbocycles. The van der Waals surface area contributed by atoms with Crippen LogP contribution in [0.5, 0.6) is 5.75 Å². The van der Waals surface area contributed by atoms with Crippen molar-refractivity contribution < 1.29 is 24.2 Å². The van der Waals surface area contributed by atoms with Gasteiger partial charge in [-0.3, -0.25) is 14.4 Å². The minimum Gasteiger partial charge on any atom is -0.496 e. The fraction of sp³-hybridized carbons (Fsp3) is 0.590. The number of methoxy groups -OCH3 is 1. The molecule has 0 atom stereocenters. The van der Waals surface area contributed by atoms with Gasteiger partial charge in [0.25, 0.3) is 0 Å². The topological polar surface area (TPSA) is 119 Å². The number of pyridine rings is 1. The van der Waals surface area contributed by atoms with Crippen LogP contribution in [0.15, 0.2) is 48.9 Å². The Labute approximate surface area is 291 Å². The highest BCUT2D eigenvalue weighted by atomic mass is 16.6. The van der Waals surface area contributed by atoms with Gasteiger partial charge >= 0.3 is 6.09 Å². The highest BCUT2D eigenvalue weighted by molar-refractivity contribution is 5.94. The van der Waals surface area contributed by atoms with E-state index >= 15 is 0 Å². The lowest BCUT2D eigenvalue weighted by Gasteiger charge is -2.36. The van der Waals surface area contributed by atoms with Gasteiger partial charge in [0.15, 0.2) is 0 Å². The molecule has 1 aromatic carbocycles. The molecule has 2 heterocycles. The summed E-state index contributed by atoms with van der Waals surface area (Å²) in [5, 5.41) is 16.8. The molecule has 2 aliphatic rings. The molecule has 2 aromatic heterocycles. The number of carbonyl (C=O) groups excluding carboxylic acids is 2. The predicted molar refractivity (Wildman–Crippen MR) is 192 cm³/mol. The van der Waals surface area contributed by atoms with Crippen molar-refractivity contribution in [3.8, 4) is 16.9 Å². The summed E-state index contributed by atoms with van der Waals surface area (Å²) >= 11 is 0. The number of anilines is 1. The molecular formula is C39H55N5O5. The summed E-state index contributed by atoms with van der Waals surface area (Å²) in [7, 11) is 1.71. The number of aryl methyl sites for hydroxylation is 1. The second-order valence-electron chi connectivity index (χ2n) is 15.2. The van der Waals surface area contributed by atoms with E-state index in [0.29, 0.717) is 56.4 Å². The van der Waals surface area contributed by atoms with Crippen molar-refractivity contribution >= 4 is 17.8 Å². The second-order valence-corrected chi connectivity index (χ2v) is 15.2. The van der Waals surface area contributed by atoms with Gasteiger partial charge in [0.2, 0.25) is 5.91 Å². The number of aliphatic hydroxyl groups is 1. The SMILES string of the molecule is COc1ccc(C2CCC(CN(C(=O)C3CCC(OC(=O)NCC(C)(C)CO)CC3)c3cc(-c4cnn(C(C)C)c4)ccn3)CC2)cc1C. The van der Waals surface area contributed by atoms with Crippen molar-refractivity contribution in [3.63, 3.8) is 0 Å². The van der Waals surface area contributed by atoms with Crippen molar-refractivity contribution in [1.29, 1.82) is 0 Å². The maximum Gasteiger partial charge on any atom is 0.407 e. The molecule has 0 unspecified atom stereocenters. The quantitative estimate of drug-likeness (QED) is 0.205. The molecule has 49 heavy (non-hydrogen) atoms. The number of ether oxygens (including phenoxy) is 2. The third-order valence-corrected chi connectivity index (χ3v) is 10.4. The molecule has 0 radical (unpaired) electrons. The van der Waals surface area contributed by atoms with Gasteiger partial charge in [0.1, 0.15) is 17.7 Å². The number of nitrogens with zero attached hydrogens (tertiary/aromatic N) is 4. The Hall–Kier alpha value is -3.92. The average Bonchev–Trinajstić information content (AvgIpc) is 3.61. The van der Waals surface area contributed by atoms with E-state index in [1.54, 1.807) is 13.3 Å². The van der Waals surface area contributed by atoms with Crippen LogP contribution in [0.25, 0.3) is 11.1 Å². The van der Waals surface area contributed by atoms with Gasteiger partial charge in [0, 0.05) is 55.0 Å². The van der Waals surface area contributed by atoms with Crippen LogP contribution in [0.2, 0.25) is 0 Å². The third kappa shape index (κ3) is 9.41. The Morgan fingerprint density at radius 3 is 2.41 bits per heavy atom. The number of carbonyl (C=O) groups is 2. The van der Waals surface area contributed by atoms with E-state index in [0.717, 1.165) is 48.1 Å². The first kappa shape index (κ1) is 36.4. The molecule has 2 saturated carbocycles. The Morgan fingerprint density at radius 2 is 1.78 bits per heavy atom. The summed E-state index contributed by atoms with van der Waals surface area (Å²) in [4.78, 5) is 33.5. The minimum absolute atomic E-state index is 0.0276. The van der Waals surface area contributed by atoms with Crippen molar-refractivity contribution in [3.05, 3.63) is 60.0 Å². The average molecular weight is 674 g/mol. The molecule has 0 spiro atoms. The number of amides is 2. The van der Waals surface area contributed by atoms with E-state index in [2.05, 4.69) is 49.4 Å². The standard InChI is InChI=1S/C39H55N5O5/c1-26(2)44-23-33(21-42-44)32-17-18-40-36(20-32)43(22-28-7-9-29(10-8-28)31-13-16-35(48-6)27(3)19-31)37(46)30-11-14-34(15-12-30)49-38(47)41-24-39(4,5)25-45/h13,16-21,23,26,28-30,34,45H,7-12,14-15,22,24-25H2,1-6H3,(H,41,47). The lowest BCUT2D eigenvalue weighted by atomic mass is 9.78. The first-order valence-corrected chi connectivity index (χ1v) is 18.0. The Bertz CT molecular complexity index is 1550. The number of alkyl carbamates (subject to hydrolysis) is 1. The van der Waals surface area contributed by atoms with Gasteiger partial charge in [0.05, 0.1) is 13.3 Å². The molecule has 2 N–H and O–H groups in total. The number of hydrogen-bond donors (Lipinski definition) is 2. The van der Waals surface area contributed by atoms with Crippen LogP contribution in [0.3, 0.4) is 0 Å². The third-order valence-electron chi connectivity index (χ3n) is 10.4. The molecule has 5 rings (SSSR count). The van der Waals surface area contributed by atoms with E-state index in [1.165, 1.54) is 5.56 Å². The number of aliphatic hydroxyl groups excluding tert-OH is 1. The Morgan fingerprint density at radius 1 is 1.04 bits per heavy atom. The zero-order valence-corrected chi connectivity index (χ0v) is 30.2. The van der Waals surface area contributed by atoms with Crippen LogP contribution < -0.4 is 15.0 Å². The fourth-order valence-electron chi connectivity index (χ4n) is 7.11. The lowest BCUT2D eigenvalue weighted by Crippen LogP contribution is -2.43. The van der Waals surface area contributed by atoms with Crippen LogP contribution >= 0.6 is 0 Å². The van der Waals surface area contributed by atoms with Crippen molar-refractivity contribution in [2.75, 3.05) is 31.7 Å². The molecule has 10 heteroatoms. The van der Waals surface area contributed by atoms with Crippen LogP contribution in [0.4, 0.5) is 10.6 Å². The molecule has 2 fully saturated rings. The highest BCUT2D eigenvalue weighted by Gasteiger charge is 2.34. The summed E-state index contributed by atoms with van der Waals surface area (Å²) in [5.41, 5.74) is 4.10. The van der Waals surface area contributed by atoms with E-state index in [-0.39, 0.29) is 30.6 Å². The molecule has 3 aromatic rings. The molecule has 0 bridgehead atoms. The Balaban J connectivity index is 1.27. The van der Waals surface area contributed by atoms with E-state index in [4.69, 9.17) is 14.5 Å². The smallest absolute Gasteiger partial charge is 0.407 e. The highest BCUT2D eigenvalue weighted by Crippen LogP contribution is 2.39. The predicted octanol–water partition coefficient (Wildman–Crippen LogP) is 7.45. The number of nitrogens with one attached hydrogen (secondary N) is 1. The Kier molecular flexibility index (Phi) is 12.0. The van der Waals surface area contributed by atoms with Gasteiger partial charge in [-0.05, 0) is 119 Å². The van der Waals surface area contributed by atoms with Crippen LogP contribution in [-0.2, 0) is 9.53 Å². The van der Waals surface area contributed by atoms with Gasteiger partial charge in [-0.1, -0.05) is 26.0 Å². The molecule has 0 aliphatic heterocycles. The van der Waals surface area contributed by atoms with E-state index in [9.17, 15) is 14.7 Å². The first-order valence-electron chi connectivity index (χ1n) is 18.0. The number of aromatic nitrogens is 3. The molecule has 0 saturated heterocycles. The summed E-state index contributed by atoms with van der Waals surface area (Å²) in [6.07, 6.45) is 11.8. The maximum atomic E-state index is 14.4. The van der Waals surface area contributed by atoms with Gasteiger partial charge in [-0.25, -0.2) is 9.78 Å². The van der Waals surface area contributed by atoms with Gasteiger partial charge < -0.3 is 19.9 Å². The van der Waals surface area contributed by atoms with Crippen molar-refractivity contribution in [2.24, 2.45) is 17.3 Å². The number of hydrogen-bond acceptors (Lipinski definition) is 7. The summed E-state index contributed by atoms with van der Waals surface area (Å²) in [6.45, 7) is 11.0. The van der Waals surface area contributed by atoms with Gasteiger partial charge in [-0.2, -0.15) is 5.10 Å². The summed E-state index contributed by atoms with van der Waals surface area (Å²) < 4.78 is 13.1. The molecule has 266 valence electrons. The minimum atomic E-state index is -0.472. The van der Waals surface area contributed by atoms with E-state index in [1.807, 2.05) is 48.0 Å². The summed E-state index contributed by atoms with van der Waals surface area (Å²) in [5.74, 6) is 2.42. The maximum absolute atomic E-state index is 14.4. The zero-order chi connectivity index (χ0) is 35.1. The normalized spacial score (nSPS) is 21.3. The van der Waals surface area contributed by atoms with Crippen LogP contribution in [0, 0.1) is 24.2 Å². The fourth-order valence-corrected chi connectivity index (χ4v) is 7.11. The molecule has 2 amide bonds. The number of benzene rings is 1. The van der Waals surface area contributed by atoms with Gasteiger partial charge in [-0.15, -0.1) is 0 Å². The second kappa shape index (κ2) is 16.2. The van der Waals surface area contributed by atoms with Crippen LogP contribution in [0.1, 0.15) is 102 Å². The van der Waals surface area contributed by atoms with Crippen molar-refractivity contribution in [1.82, 2.24) is 20.1 Å². The molecule has 10 nitrogen and oxygen atoms in total. The largest absolute Gasteiger partial charge is 0.496 e. The van der Waals surface area contributed by atoms with Crippen molar-refractivity contribution in [2.45, 2.75) is 104 Å². The van der Waals surface area contributed by atoms with Crippen LogP contribution in [-0.4, -0.2) is 64.8 Å². The zero-order valence-electron chi connectivity index (χ0n) is 30.2. The molecular weight excluding hydrogens is 618 g/mol. The monoisotopic (exact) mass is 673 g/mol. The summed E-state index contributed by atoms with van der Waals surface area (Å²) in [6, 6.07) is 10.8. The lowest BCUT2D eigenvalue weighted by molar-refractivity contribution is -0.124. The first-order chi connectivity index (χ1) is 23.5. The van der Waals surface area contributed by atoms with E-state index < -0.39 is 11.5 Å².